The van der Waals surface area contributed by atoms with Crippen LogP contribution in [-0.4, -0.2) is 35.9 Å². The number of nitrogens with zero attached hydrogens (tertiary/aromatic N) is 1. The van der Waals surface area contributed by atoms with Gasteiger partial charge in [-0.1, -0.05) is 18.2 Å². The van der Waals surface area contributed by atoms with Crippen LogP contribution in [0.2, 0.25) is 0 Å². The van der Waals surface area contributed by atoms with Crippen molar-refractivity contribution < 1.29 is 14.7 Å². The molecule has 0 saturated carbocycles. The summed E-state index contributed by atoms with van der Waals surface area (Å²) in [5.74, 6) is 0.168. The number of hydrogen-bond donors (Lipinski definition) is 2. The van der Waals surface area contributed by atoms with Crippen LogP contribution in [0.1, 0.15) is 18.4 Å². The highest BCUT2D eigenvalue weighted by atomic mass is 16.3. The maximum Gasteiger partial charge on any atom is 0.317 e. The van der Waals surface area contributed by atoms with Gasteiger partial charge in [-0.05, 0) is 12.5 Å². The number of amides is 2. The molecule has 1 aromatic rings. The maximum absolute atomic E-state index is 11.7. The molecular weight excluding hydrogens is 232 g/mol. The van der Waals surface area contributed by atoms with Crippen LogP contribution >= 0.6 is 0 Å². The molecule has 0 aliphatic carbocycles. The number of para-hydroxylation sites is 1. The molecule has 2 N–H and O–H groups in total. The Labute approximate surface area is 106 Å². The molecule has 0 unspecified atom stereocenters. The van der Waals surface area contributed by atoms with Crippen molar-refractivity contribution >= 4 is 12.3 Å². The predicted molar refractivity (Wildman–Crippen MR) is 68.3 cm³/mol. The molecule has 5 nitrogen and oxygen atoms in total. The fourth-order valence-corrected chi connectivity index (χ4v) is 1.48. The van der Waals surface area contributed by atoms with E-state index in [9.17, 15) is 14.7 Å². The lowest BCUT2D eigenvalue weighted by Gasteiger charge is -2.17. The third kappa shape index (κ3) is 4.45. The zero-order valence-corrected chi connectivity index (χ0v) is 10.4. The molecule has 0 saturated heterocycles. The number of urea groups is 1. The quantitative estimate of drug-likeness (QED) is 0.594. The van der Waals surface area contributed by atoms with Crippen LogP contribution in [-0.2, 0) is 11.3 Å². The molecule has 1 aromatic carbocycles. The van der Waals surface area contributed by atoms with E-state index in [1.54, 1.807) is 31.3 Å². The largest absolute Gasteiger partial charge is 0.508 e. The van der Waals surface area contributed by atoms with E-state index in [-0.39, 0.29) is 18.3 Å². The van der Waals surface area contributed by atoms with Gasteiger partial charge in [-0.3, -0.25) is 0 Å². The molecule has 98 valence electrons. The highest BCUT2D eigenvalue weighted by Crippen LogP contribution is 2.14. The number of nitrogens with one attached hydrogen (secondary N) is 1. The van der Waals surface area contributed by atoms with Gasteiger partial charge in [0.2, 0.25) is 0 Å². The van der Waals surface area contributed by atoms with Gasteiger partial charge in [-0.25, -0.2) is 4.79 Å². The molecule has 2 amide bonds. The molecule has 5 heteroatoms. The minimum absolute atomic E-state index is 0.168. The van der Waals surface area contributed by atoms with E-state index in [2.05, 4.69) is 5.32 Å². The fourth-order valence-electron chi connectivity index (χ4n) is 1.48. The molecule has 0 fully saturated rings. The summed E-state index contributed by atoms with van der Waals surface area (Å²) >= 11 is 0. The monoisotopic (exact) mass is 250 g/mol. The molecule has 0 aliphatic heterocycles. The number of phenols is 1. The summed E-state index contributed by atoms with van der Waals surface area (Å²) < 4.78 is 0. The van der Waals surface area contributed by atoms with Crippen molar-refractivity contribution in [2.24, 2.45) is 0 Å². The summed E-state index contributed by atoms with van der Waals surface area (Å²) in [6, 6.07) is 6.64. The highest BCUT2D eigenvalue weighted by Gasteiger charge is 2.08. The normalized spacial score (nSPS) is 9.83. The Morgan fingerprint density at radius 1 is 1.44 bits per heavy atom. The van der Waals surface area contributed by atoms with E-state index >= 15 is 0 Å². The van der Waals surface area contributed by atoms with Gasteiger partial charge in [-0.15, -0.1) is 0 Å². The number of carbonyl (C=O) groups is 2. The zero-order chi connectivity index (χ0) is 13.4. The first-order valence-electron chi connectivity index (χ1n) is 5.84. The molecule has 1 rings (SSSR count). The molecule has 0 bridgehead atoms. The van der Waals surface area contributed by atoms with Crippen LogP contribution in [0.3, 0.4) is 0 Å². The zero-order valence-electron chi connectivity index (χ0n) is 10.4. The van der Waals surface area contributed by atoms with Crippen LogP contribution in [0.25, 0.3) is 0 Å². The number of benzene rings is 1. The molecular formula is C13H18N2O3. The third-order valence-electron chi connectivity index (χ3n) is 2.58. The molecule has 18 heavy (non-hydrogen) atoms. The van der Waals surface area contributed by atoms with Gasteiger partial charge in [-0.2, -0.15) is 0 Å². The van der Waals surface area contributed by atoms with E-state index in [0.717, 1.165) is 6.29 Å². The van der Waals surface area contributed by atoms with E-state index in [0.29, 0.717) is 24.9 Å². The number of aromatic hydroxyl groups is 1. The van der Waals surface area contributed by atoms with Crippen molar-refractivity contribution in [3.8, 4) is 5.75 Å². The second kappa shape index (κ2) is 7.32. The number of aldehydes is 1. The Hall–Kier alpha value is -2.04. The van der Waals surface area contributed by atoms with Crippen molar-refractivity contribution in [3.63, 3.8) is 0 Å². The Bertz CT molecular complexity index is 407. The molecule has 0 aliphatic rings. The lowest BCUT2D eigenvalue weighted by atomic mass is 10.2. The van der Waals surface area contributed by atoms with Gasteiger partial charge >= 0.3 is 6.03 Å². The summed E-state index contributed by atoms with van der Waals surface area (Å²) in [6.45, 7) is 0.814. The van der Waals surface area contributed by atoms with Gasteiger partial charge in [0.25, 0.3) is 0 Å². The van der Waals surface area contributed by atoms with Crippen LogP contribution in [0.4, 0.5) is 4.79 Å². The molecule has 0 aromatic heterocycles. The lowest BCUT2D eigenvalue weighted by molar-refractivity contribution is -0.107. The van der Waals surface area contributed by atoms with Crippen LogP contribution in [0.5, 0.6) is 5.75 Å². The second-order valence-electron chi connectivity index (χ2n) is 4.02. The van der Waals surface area contributed by atoms with Gasteiger partial charge in [0, 0.05) is 32.1 Å². The Balaban J connectivity index is 2.36. The second-order valence-corrected chi connectivity index (χ2v) is 4.02. The smallest absolute Gasteiger partial charge is 0.317 e. The highest BCUT2D eigenvalue weighted by molar-refractivity contribution is 5.73. The Kier molecular flexibility index (Phi) is 5.70. The lowest BCUT2D eigenvalue weighted by Crippen LogP contribution is -2.37. The minimum Gasteiger partial charge on any atom is -0.508 e. The van der Waals surface area contributed by atoms with Gasteiger partial charge < -0.3 is 20.1 Å². The minimum atomic E-state index is -0.218. The molecule has 0 radical (unpaired) electrons. The number of phenolic OH excluding ortho intramolecular Hbond substituents is 1. The summed E-state index contributed by atoms with van der Waals surface area (Å²) in [4.78, 5) is 23.3. The van der Waals surface area contributed by atoms with E-state index in [1.807, 2.05) is 0 Å². The van der Waals surface area contributed by atoms with Crippen molar-refractivity contribution in [3.05, 3.63) is 29.8 Å². The molecule has 0 atom stereocenters. The topological polar surface area (TPSA) is 69.6 Å². The summed E-state index contributed by atoms with van der Waals surface area (Å²) in [5, 5.41) is 12.2. The number of rotatable bonds is 6. The first kappa shape index (κ1) is 14.0. The summed E-state index contributed by atoms with van der Waals surface area (Å²) in [6.07, 6.45) is 1.95. The third-order valence-corrected chi connectivity index (χ3v) is 2.58. The van der Waals surface area contributed by atoms with Crippen molar-refractivity contribution in [1.29, 1.82) is 0 Å². The van der Waals surface area contributed by atoms with Gasteiger partial charge in [0.05, 0.1) is 0 Å². The maximum atomic E-state index is 11.7. The average Bonchev–Trinajstić information content (AvgIpc) is 2.37. The average molecular weight is 250 g/mol. The van der Waals surface area contributed by atoms with E-state index in [4.69, 9.17) is 0 Å². The van der Waals surface area contributed by atoms with Crippen molar-refractivity contribution in [1.82, 2.24) is 10.2 Å². The first-order valence-corrected chi connectivity index (χ1v) is 5.84. The number of carbonyl (C=O) groups excluding carboxylic acids is 2. The van der Waals surface area contributed by atoms with E-state index < -0.39 is 0 Å². The van der Waals surface area contributed by atoms with Crippen LogP contribution in [0, 0.1) is 0 Å². The van der Waals surface area contributed by atoms with Crippen LogP contribution in [0.15, 0.2) is 24.3 Å². The predicted octanol–water partition coefficient (Wildman–Crippen LogP) is 1.51. The Morgan fingerprint density at radius 2 is 2.17 bits per heavy atom. The fraction of sp³-hybridized carbons (Fsp3) is 0.385. The van der Waals surface area contributed by atoms with Crippen molar-refractivity contribution in [2.45, 2.75) is 19.4 Å². The first-order chi connectivity index (χ1) is 8.65. The van der Waals surface area contributed by atoms with Crippen molar-refractivity contribution in [2.75, 3.05) is 13.6 Å². The molecule has 0 heterocycles. The molecule has 0 spiro atoms. The Morgan fingerprint density at radius 3 is 2.83 bits per heavy atom. The summed E-state index contributed by atoms with van der Waals surface area (Å²) in [7, 11) is 1.67. The van der Waals surface area contributed by atoms with Crippen LogP contribution < -0.4 is 5.32 Å². The standard InChI is InChI=1S/C13H18N2O3/c1-15(8-4-5-9-16)13(18)14-10-11-6-2-3-7-12(11)17/h2-3,6-7,9,17H,4-5,8,10H2,1H3,(H,14,18). The number of unbranched alkanes of at least 4 members (excludes halogenated alkanes) is 1. The van der Waals surface area contributed by atoms with Gasteiger partial charge in [0.1, 0.15) is 12.0 Å². The SMILES string of the molecule is CN(CCCC=O)C(=O)NCc1ccccc1O. The summed E-state index contributed by atoms with van der Waals surface area (Å²) in [5.41, 5.74) is 0.673. The van der Waals surface area contributed by atoms with Gasteiger partial charge in [0.15, 0.2) is 0 Å². The number of hydrogen-bond acceptors (Lipinski definition) is 3. The van der Waals surface area contributed by atoms with E-state index in [1.165, 1.54) is 4.90 Å².